The molecular formula is C11H14O3. The minimum Gasteiger partial charge on any atom is -0.504 e. The van der Waals surface area contributed by atoms with Crippen LogP contribution >= 0.6 is 0 Å². The van der Waals surface area contributed by atoms with E-state index >= 15 is 0 Å². The summed E-state index contributed by atoms with van der Waals surface area (Å²) < 4.78 is 4.96. The van der Waals surface area contributed by atoms with Crippen molar-refractivity contribution in [3.63, 3.8) is 0 Å². The highest BCUT2D eigenvalue weighted by atomic mass is 16.5. The number of aldehydes is 1. The second kappa shape index (κ2) is 4.65. The fourth-order valence-electron chi connectivity index (χ4n) is 1.27. The predicted molar refractivity (Wildman–Crippen MR) is 53.6 cm³/mol. The third kappa shape index (κ3) is 2.49. The first kappa shape index (κ1) is 10.6. The lowest BCUT2D eigenvalue weighted by atomic mass is 10.0. The Morgan fingerprint density at radius 3 is 2.86 bits per heavy atom. The number of carbonyl (C=O) groups excluding carboxylic acids is 1. The Balaban J connectivity index is 2.84. The Labute approximate surface area is 83.3 Å². The second-order valence-electron chi connectivity index (χ2n) is 3.32. The van der Waals surface area contributed by atoms with E-state index in [-0.39, 0.29) is 11.7 Å². The SMILES string of the molecule is COc1cc(C[C@H](C)C=O)ccc1O. The highest BCUT2D eigenvalue weighted by Gasteiger charge is 2.05. The van der Waals surface area contributed by atoms with Gasteiger partial charge in [0.2, 0.25) is 0 Å². The molecule has 0 amide bonds. The first-order chi connectivity index (χ1) is 6.67. The summed E-state index contributed by atoms with van der Waals surface area (Å²) in [6, 6.07) is 5.11. The van der Waals surface area contributed by atoms with Gasteiger partial charge in [-0.3, -0.25) is 0 Å². The molecule has 0 saturated heterocycles. The Morgan fingerprint density at radius 2 is 2.29 bits per heavy atom. The monoisotopic (exact) mass is 194 g/mol. The lowest BCUT2D eigenvalue weighted by Gasteiger charge is -2.07. The fourth-order valence-corrected chi connectivity index (χ4v) is 1.27. The summed E-state index contributed by atoms with van der Waals surface area (Å²) in [6.07, 6.45) is 1.58. The van der Waals surface area contributed by atoms with E-state index in [1.165, 1.54) is 7.11 Å². The van der Waals surface area contributed by atoms with Crippen LogP contribution in [0, 0.1) is 5.92 Å². The molecule has 0 saturated carbocycles. The summed E-state index contributed by atoms with van der Waals surface area (Å²) in [5, 5.41) is 9.33. The van der Waals surface area contributed by atoms with E-state index in [1.54, 1.807) is 18.2 Å². The number of rotatable bonds is 4. The average molecular weight is 194 g/mol. The van der Waals surface area contributed by atoms with Crippen LogP contribution in [-0.4, -0.2) is 18.5 Å². The summed E-state index contributed by atoms with van der Waals surface area (Å²) in [7, 11) is 1.50. The number of hydrogen-bond donors (Lipinski definition) is 1. The van der Waals surface area contributed by atoms with Gasteiger partial charge in [0.25, 0.3) is 0 Å². The molecule has 0 aliphatic heterocycles. The zero-order valence-corrected chi connectivity index (χ0v) is 8.36. The molecule has 0 aliphatic rings. The summed E-state index contributed by atoms with van der Waals surface area (Å²) in [4.78, 5) is 10.4. The summed E-state index contributed by atoms with van der Waals surface area (Å²) in [5.41, 5.74) is 0.985. The van der Waals surface area contributed by atoms with Gasteiger partial charge in [-0.1, -0.05) is 13.0 Å². The number of phenols is 1. The van der Waals surface area contributed by atoms with Gasteiger partial charge in [-0.2, -0.15) is 0 Å². The van der Waals surface area contributed by atoms with Gasteiger partial charge in [-0.25, -0.2) is 0 Å². The lowest BCUT2D eigenvalue weighted by Crippen LogP contribution is -2.00. The summed E-state index contributed by atoms with van der Waals surface area (Å²) in [5.74, 6) is 0.555. The standard InChI is InChI=1S/C11H14O3/c1-8(7-12)5-9-3-4-10(13)11(6-9)14-2/h3-4,6-8,13H,5H2,1-2H3/t8-/m0/s1. The molecule has 1 rings (SSSR count). The van der Waals surface area contributed by atoms with Crippen molar-refractivity contribution in [1.82, 2.24) is 0 Å². The van der Waals surface area contributed by atoms with Crippen LogP contribution < -0.4 is 4.74 Å². The molecule has 0 aliphatic carbocycles. The van der Waals surface area contributed by atoms with Crippen LogP contribution in [-0.2, 0) is 11.2 Å². The Kier molecular flexibility index (Phi) is 3.51. The van der Waals surface area contributed by atoms with Crippen molar-refractivity contribution in [2.24, 2.45) is 5.92 Å². The molecule has 0 fully saturated rings. The van der Waals surface area contributed by atoms with Gasteiger partial charge in [0, 0.05) is 5.92 Å². The quantitative estimate of drug-likeness (QED) is 0.743. The molecule has 1 aromatic rings. The molecule has 1 N–H and O–H groups in total. The Bertz CT molecular complexity index is 320. The number of benzene rings is 1. The number of ether oxygens (including phenoxy) is 1. The molecule has 0 spiro atoms. The van der Waals surface area contributed by atoms with Crippen molar-refractivity contribution in [2.75, 3.05) is 7.11 Å². The van der Waals surface area contributed by atoms with Crippen molar-refractivity contribution in [3.05, 3.63) is 23.8 Å². The topological polar surface area (TPSA) is 46.5 Å². The molecule has 0 aromatic heterocycles. The third-order valence-corrected chi connectivity index (χ3v) is 2.03. The van der Waals surface area contributed by atoms with Crippen LogP contribution in [0.4, 0.5) is 0 Å². The second-order valence-corrected chi connectivity index (χ2v) is 3.32. The molecule has 0 heterocycles. The maximum absolute atomic E-state index is 10.4. The smallest absolute Gasteiger partial charge is 0.160 e. The number of carbonyl (C=O) groups is 1. The van der Waals surface area contributed by atoms with Crippen molar-refractivity contribution in [2.45, 2.75) is 13.3 Å². The van der Waals surface area contributed by atoms with E-state index in [0.717, 1.165) is 11.8 Å². The van der Waals surface area contributed by atoms with E-state index in [2.05, 4.69) is 0 Å². The van der Waals surface area contributed by atoms with Crippen LogP contribution in [0.15, 0.2) is 18.2 Å². The van der Waals surface area contributed by atoms with Crippen LogP contribution in [0.3, 0.4) is 0 Å². The highest BCUT2D eigenvalue weighted by molar-refractivity contribution is 5.54. The Morgan fingerprint density at radius 1 is 1.57 bits per heavy atom. The van der Waals surface area contributed by atoms with Gasteiger partial charge in [0.1, 0.15) is 6.29 Å². The fraction of sp³-hybridized carbons (Fsp3) is 0.364. The van der Waals surface area contributed by atoms with Gasteiger partial charge in [0.15, 0.2) is 11.5 Å². The Hall–Kier alpha value is -1.51. The molecule has 3 nitrogen and oxygen atoms in total. The van der Waals surface area contributed by atoms with Crippen LogP contribution in [0.2, 0.25) is 0 Å². The molecule has 3 heteroatoms. The molecule has 0 radical (unpaired) electrons. The molecule has 0 bridgehead atoms. The zero-order valence-electron chi connectivity index (χ0n) is 8.36. The van der Waals surface area contributed by atoms with E-state index in [9.17, 15) is 9.90 Å². The number of phenolic OH excluding ortho intramolecular Hbond substituents is 1. The van der Waals surface area contributed by atoms with Crippen LogP contribution in [0.1, 0.15) is 12.5 Å². The molecule has 1 aromatic carbocycles. The largest absolute Gasteiger partial charge is 0.504 e. The van der Waals surface area contributed by atoms with E-state index in [1.807, 2.05) is 6.92 Å². The molecule has 76 valence electrons. The predicted octanol–water partition coefficient (Wildman–Crippen LogP) is 1.78. The van der Waals surface area contributed by atoms with Gasteiger partial charge in [-0.15, -0.1) is 0 Å². The average Bonchev–Trinajstić information content (AvgIpc) is 2.20. The van der Waals surface area contributed by atoms with Crippen molar-refractivity contribution in [3.8, 4) is 11.5 Å². The van der Waals surface area contributed by atoms with E-state index in [4.69, 9.17) is 4.74 Å². The number of hydrogen-bond acceptors (Lipinski definition) is 3. The normalized spacial score (nSPS) is 12.1. The molecule has 14 heavy (non-hydrogen) atoms. The molecule has 1 atom stereocenters. The van der Waals surface area contributed by atoms with Crippen molar-refractivity contribution >= 4 is 6.29 Å². The van der Waals surface area contributed by atoms with Gasteiger partial charge < -0.3 is 14.6 Å². The van der Waals surface area contributed by atoms with Crippen molar-refractivity contribution in [1.29, 1.82) is 0 Å². The van der Waals surface area contributed by atoms with Gasteiger partial charge in [0.05, 0.1) is 7.11 Å². The zero-order chi connectivity index (χ0) is 10.6. The van der Waals surface area contributed by atoms with Gasteiger partial charge in [-0.05, 0) is 24.1 Å². The van der Waals surface area contributed by atoms with Gasteiger partial charge >= 0.3 is 0 Å². The maximum Gasteiger partial charge on any atom is 0.160 e. The molecular weight excluding hydrogens is 180 g/mol. The summed E-state index contributed by atoms with van der Waals surface area (Å²) in [6.45, 7) is 1.85. The number of methoxy groups -OCH3 is 1. The van der Waals surface area contributed by atoms with Crippen LogP contribution in [0.25, 0.3) is 0 Å². The third-order valence-electron chi connectivity index (χ3n) is 2.03. The van der Waals surface area contributed by atoms with Crippen LogP contribution in [0.5, 0.6) is 11.5 Å². The maximum atomic E-state index is 10.4. The first-order valence-electron chi connectivity index (χ1n) is 4.48. The van der Waals surface area contributed by atoms with E-state index in [0.29, 0.717) is 12.2 Å². The first-order valence-corrected chi connectivity index (χ1v) is 4.48. The minimum atomic E-state index is -0.00995. The number of aromatic hydroxyl groups is 1. The summed E-state index contributed by atoms with van der Waals surface area (Å²) >= 11 is 0. The van der Waals surface area contributed by atoms with Crippen molar-refractivity contribution < 1.29 is 14.6 Å². The molecule has 0 unspecified atom stereocenters. The van der Waals surface area contributed by atoms with E-state index < -0.39 is 0 Å². The minimum absolute atomic E-state index is 0.00995. The highest BCUT2D eigenvalue weighted by Crippen LogP contribution is 2.26. The lowest BCUT2D eigenvalue weighted by molar-refractivity contribution is -0.110.